The Morgan fingerprint density at radius 1 is 1.00 bits per heavy atom. The zero-order valence-electron chi connectivity index (χ0n) is 10.4. The first-order valence-corrected chi connectivity index (χ1v) is 6.09. The van der Waals surface area contributed by atoms with E-state index in [1.165, 1.54) is 0 Å². The fourth-order valence-electron chi connectivity index (χ4n) is 2.21. The van der Waals surface area contributed by atoms with Crippen LogP contribution in [0.3, 0.4) is 0 Å². The number of carbonyl (C=O) groups excluding carboxylic acids is 1. The lowest BCUT2D eigenvalue weighted by Gasteiger charge is -2.31. The molecule has 20 heavy (non-hydrogen) atoms. The number of carboxylic acids is 1. The van der Waals surface area contributed by atoms with Gasteiger partial charge in [0.25, 0.3) is 0 Å². The zero-order valence-corrected chi connectivity index (χ0v) is 10.4. The number of nitrogens with one attached hydrogen (secondary N) is 1. The van der Waals surface area contributed by atoms with Gasteiger partial charge in [0.2, 0.25) is 0 Å². The van der Waals surface area contributed by atoms with Crippen LogP contribution in [-0.4, -0.2) is 51.6 Å². The van der Waals surface area contributed by atoms with E-state index in [1.54, 1.807) is 5.32 Å². The van der Waals surface area contributed by atoms with Crippen LogP contribution < -0.4 is 5.32 Å². The van der Waals surface area contributed by atoms with Crippen LogP contribution in [0.15, 0.2) is 0 Å². The van der Waals surface area contributed by atoms with E-state index in [4.69, 9.17) is 5.11 Å². The molecule has 0 bridgehead atoms. The van der Waals surface area contributed by atoms with Crippen LogP contribution in [0.4, 0.5) is 13.2 Å². The number of halogens is 3. The van der Waals surface area contributed by atoms with Crippen LogP contribution in [0.5, 0.6) is 0 Å². The maximum absolute atomic E-state index is 12.2. The van der Waals surface area contributed by atoms with E-state index in [2.05, 4.69) is 0 Å². The number of rotatable bonds is 2. The third kappa shape index (κ3) is 4.34. The summed E-state index contributed by atoms with van der Waals surface area (Å²) in [4.78, 5) is 22.0. The molecule has 4 N–H and O–H groups in total. The van der Waals surface area contributed by atoms with Crippen LogP contribution in [0, 0.1) is 5.92 Å². The van der Waals surface area contributed by atoms with Crippen LogP contribution in [-0.2, 0) is 9.59 Å². The van der Waals surface area contributed by atoms with Gasteiger partial charge in [-0.25, -0.2) is 0 Å². The number of aliphatic hydroxyl groups is 2. The number of hydrogen-bond donors (Lipinski definition) is 4. The maximum atomic E-state index is 12.2. The number of hydrogen-bond acceptors (Lipinski definition) is 4. The Morgan fingerprint density at radius 3 is 1.95 bits per heavy atom. The molecule has 1 rings (SSSR count). The summed E-state index contributed by atoms with van der Waals surface area (Å²) in [5, 5.41) is 29.6. The van der Waals surface area contributed by atoms with Crippen LogP contribution in [0.25, 0.3) is 0 Å². The molecule has 1 saturated carbocycles. The topological polar surface area (TPSA) is 107 Å². The monoisotopic (exact) mass is 299 g/mol. The molecule has 0 spiro atoms. The van der Waals surface area contributed by atoms with E-state index >= 15 is 0 Å². The van der Waals surface area contributed by atoms with Crippen molar-refractivity contribution in [3.05, 3.63) is 0 Å². The number of carbonyl (C=O) groups is 2. The minimum absolute atomic E-state index is 0.0590. The average Bonchev–Trinajstić information content (AvgIpc) is 2.31. The van der Waals surface area contributed by atoms with Crippen molar-refractivity contribution in [3.63, 3.8) is 0 Å². The first-order valence-electron chi connectivity index (χ1n) is 6.09. The highest BCUT2D eigenvalue weighted by Crippen LogP contribution is 2.25. The minimum Gasteiger partial charge on any atom is -0.481 e. The second-order valence-electron chi connectivity index (χ2n) is 4.81. The molecule has 1 amide bonds. The number of amides is 1. The van der Waals surface area contributed by atoms with Crippen molar-refractivity contribution in [2.75, 3.05) is 0 Å². The molecule has 1 aliphatic carbocycles. The molecule has 0 radical (unpaired) electrons. The Hall–Kier alpha value is -1.35. The fourth-order valence-corrected chi connectivity index (χ4v) is 2.21. The number of aliphatic carboxylic acids is 1. The minimum atomic E-state index is -5.09. The molecule has 1 fully saturated rings. The highest BCUT2D eigenvalue weighted by Gasteiger charge is 2.42. The third-order valence-electron chi connectivity index (χ3n) is 3.37. The molecule has 0 aromatic rings. The van der Waals surface area contributed by atoms with Crippen molar-refractivity contribution in [1.29, 1.82) is 0 Å². The third-order valence-corrected chi connectivity index (χ3v) is 3.37. The summed E-state index contributed by atoms with van der Waals surface area (Å²) in [5.74, 6) is -4.78. The Kier molecular flexibility index (Phi) is 5.35. The van der Waals surface area contributed by atoms with E-state index in [9.17, 15) is 33.0 Å². The Morgan fingerprint density at radius 2 is 1.50 bits per heavy atom. The van der Waals surface area contributed by atoms with Crippen LogP contribution in [0.1, 0.15) is 25.7 Å². The molecule has 4 atom stereocenters. The van der Waals surface area contributed by atoms with Gasteiger partial charge in [0.05, 0.1) is 18.1 Å². The van der Waals surface area contributed by atoms with Crippen molar-refractivity contribution in [2.24, 2.45) is 5.92 Å². The van der Waals surface area contributed by atoms with Crippen molar-refractivity contribution in [2.45, 2.75) is 50.1 Å². The highest BCUT2D eigenvalue weighted by molar-refractivity contribution is 5.82. The molecule has 6 nitrogen and oxygen atoms in total. The van der Waals surface area contributed by atoms with Crippen molar-refractivity contribution < 1.29 is 38.1 Å². The van der Waals surface area contributed by atoms with Crippen molar-refractivity contribution >= 4 is 11.9 Å². The Bertz CT molecular complexity index is 374. The zero-order chi connectivity index (χ0) is 15.5. The van der Waals surface area contributed by atoms with Gasteiger partial charge < -0.3 is 20.6 Å². The lowest BCUT2D eigenvalue weighted by atomic mass is 9.84. The first-order chi connectivity index (χ1) is 9.12. The van der Waals surface area contributed by atoms with E-state index in [1.807, 2.05) is 0 Å². The van der Waals surface area contributed by atoms with E-state index in [-0.39, 0.29) is 25.7 Å². The molecule has 0 aromatic heterocycles. The van der Waals surface area contributed by atoms with Gasteiger partial charge in [-0.15, -0.1) is 0 Å². The van der Waals surface area contributed by atoms with E-state index in [0.717, 1.165) is 0 Å². The molecular formula is C11H16F3NO5. The fraction of sp³-hybridized carbons (Fsp3) is 0.818. The number of carboxylic acid groups (broad SMARTS) is 1. The van der Waals surface area contributed by atoms with Gasteiger partial charge >= 0.3 is 18.1 Å². The maximum Gasteiger partial charge on any atom is 0.471 e. The largest absolute Gasteiger partial charge is 0.481 e. The van der Waals surface area contributed by atoms with Gasteiger partial charge in [-0.2, -0.15) is 13.2 Å². The normalized spacial score (nSPS) is 32.0. The smallest absolute Gasteiger partial charge is 0.471 e. The predicted molar refractivity (Wildman–Crippen MR) is 59.6 cm³/mol. The van der Waals surface area contributed by atoms with Crippen molar-refractivity contribution in [3.8, 4) is 0 Å². The molecule has 0 aliphatic heterocycles. The molecule has 0 saturated heterocycles. The number of aliphatic hydroxyl groups excluding tert-OH is 2. The van der Waals surface area contributed by atoms with Gasteiger partial charge in [0, 0.05) is 6.04 Å². The lowest BCUT2D eigenvalue weighted by Crippen LogP contribution is -2.50. The summed E-state index contributed by atoms with van der Waals surface area (Å²) in [6.07, 6.45) is -7.78. The average molecular weight is 299 g/mol. The van der Waals surface area contributed by atoms with Gasteiger partial charge in [-0.3, -0.25) is 9.59 Å². The summed E-state index contributed by atoms with van der Waals surface area (Å²) in [6, 6.07) is -1.23. The van der Waals surface area contributed by atoms with E-state index < -0.39 is 42.2 Å². The quantitative estimate of drug-likeness (QED) is 0.575. The second-order valence-corrected chi connectivity index (χ2v) is 4.81. The predicted octanol–water partition coefficient (Wildman–Crippen LogP) is 0.0301. The number of alkyl halides is 3. The second kappa shape index (κ2) is 6.40. The molecule has 9 heteroatoms. The standard InChI is InChI=1S/C11H16F3NO5/c12-11(13,14)10(20)15-6-2-4-8(17)7(16)3-1-5(6)9(18)19/h5-8,16-17H,1-4H2,(H,15,20)(H,18,19). The van der Waals surface area contributed by atoms with Gasteiger partial charge in [0.15, 0.2) is 0 Å². The summed E-state index contributed by atoms with van der Waals surface area (Å²) in [7, 11) is 0. The van der Waals surface area contributed by atoms with Crippen LogP contribution in [0.2, 0.25) is 0 Å². The molecule has 116 valence electrons. The SMILES string of the molecule is O=C(O)C1CCC(O)C(O)CCC1NC(=O)C(F)(F)F. The molecule has 1 aliphatic rings. The Labute approximate surface area is 112 Å². The van der Waals surface area contributed by atoms with Gasteiger partial charge in [0.1, 0.15) is 0 Å². The molecule has 4 unspecified atom stereocenters. The van der Waals surface area contributed by atoms with Crippen molar-refractivity contribution in [1.82, 2.24) is 5.32 Å². The summed E-state index contributed by atoms with van der Waals surface area (Å²) >= 11 is 0. The summed E-state index contributed by atoms with van der Waals surface area (Å²) in [6.45, 7) is 0. The van der Waals surface area contributed by atoms with Gasteiger partial charge in [-0.05, 0) is 25.7 Å². The summed E-state index contributed by atoms with van der Waals surface area (Å²) < 4.78 is 36.6. The highest BCUT2D eigenvalue weighted by atomic mass is 19.4. The Balaban J connectivity index is 2.82. The molecular weight excluding hydrogens is 283 g/mol. The van der Waals surface area contributed by atoms with Gasteiger partial charge in [-0.1, -0.05) is 0 Å². The lowest BCUT2D eigenvalue weighted by molar-refractivity contribution is -0.175. The first kappa shape index (κ1) is 16.7. The molecule has 0 aromatic carbocycles. The van der Waals surface area contributed by atoms with E-state index in [0.29, 0.717) is 0 Å². The van der Waals surface area contributed by atoms with Crippen LogP contribution >= 0.6 is 0 Å². The molecule has 0 heterocycles. The summed E-state index contributed by atoms with van der Waals surface area (Å²) in [5.41, 5.74) is 0.